The number of amides is 1. The highest BCUT2D eigenvalue weighted by Crippen LogP contribution is 2.22. The summed E-state index contributed by atoms with van der Waals surface area (Å²) in [7, 11) is 0. The molecule has 0 radical (unpaired) electrons. The van der Waals surface area contributed by atoms with Crippen LogP contribution in [0.3, 0.4) is 0 Å². The fourth-order valence-electron chi connectivity index (χ4n) is 1.61. The predicted molar refractivity (Wildman–Crippen MR) is 77.6 cm³/mol. The number of halogens is 2. The maximum Gasteiger partial charge on any atom is 0.255 e. The van der Waals surface area contributed by atoms with Gasteiger partial charge < -0.3 is 11.1 Å². The first-order valence-corrected chi connectivity index (χ1v) is 6.39. The number of hydrogen-bond acceptors (Lipinski definition) is 2. The molecular formula is C14H12BrFN2O. The molecule has 0 fully saturated rings. The molecule has 0 aliphatic heterocycles. The summed E-state index contributed by atoms with van der Waals surface area (Å²) >= 11 is 3.25. The van der Waals surface area contributed by atoms with E-state index in [9.17, 15) is 9.18 Å². The Bertz CT molecular complexity index is 643. The van der Waals surface area contributed by atoms with Crippen molar-refractivity contribution in [3.8, 4) is 0 Å². The van der Waals surface area contributed by atoms with Crippen molar-refractivity contribution in [2.24, 2.45) is 0 Å². The summed E-state index contributed by atoms with van der Waals surface area (Å²) in [4.78, 5) is 12.0. The molecule has 19 heavy (non-hydrogen) atoms. The Balaban J connectivity index is 2.25. The minimum absolute atomic E-state index is 0.159. The summed E-state index contributed by atoms with van der Waals surface area (Å²) in [5.74, 6) is -0.868. The minimum Gasteiger partial charge on any atom is -0.398 e. The van der Waals surface area contributed by atoms with Gasteiger partial charge in [-0.25, -0.2) is 4.39 Å². The maximum absolute atomic E-state index is 13.5. The molecule has 2 aromatic carbocycles. The molecular weight excluding hydrogens is 311 g/mol. The summed E-state index contributed by atoms with van der Waals surface area (Å²) in [5, 5.41) is 2.53. The largest absolute Gasteiger partial charge is 0.398 e. The highest BCUT2D eigenvalue weighted by Gasteiger charge is 2.10. The summed E-state index contributed by atoms with van der Waals surface area (Å²) in [5.41, 5.74) is 7.56. The molecule has 0 aliphatic rings. The Morgan fingerprint density at radius 3 is 2.68 bits per heavy atom. The molecule has 0 unspecified atom stereocenters. The molecule has 2 aromatic rings. The van der Waals surface area contributed by atoms with Gasteiger partial charge in [0.15, 0.2) is 0 Å². The number of hydrogen-bond donors (Lipinski definition) is 2. The van der Waals surface area contributed by atoms with Crippen LogP contribution in [0.25, 0.3) is 0 Å². The molecule has 0 aliphatic carbocycles. The van der Waals surface area contributed by atoms with Gasteiger partial charge in [-0.2, -0.15) is 0 Å². The lowest BCUT2D eigenvalue weighted by Gasteiger charge is -2.08. The second-order valence-corrected chi connectivity index (χ2v) is 5.03. The molecule has 0 atom stereocenters. The lowest BCUT2D eigenvalue weighted by atomic mass is 10.1. The smallest absolute Gasteiger partial charge is 0.255 e. The van der Waals surface area contributed by atoms with Gasteiger partial charge in [0.05, 0.1) is 5.69 Å². The summed E-state index contributed by atoms with van der Waals surface area (Å²) < 4.78 is 14.3. The first-order chi connectivity index (χ1) is 8.97. The van der Waals surface area contributed by atoms with Crippen LogP contribution in [0.15, 0.2) is 40.9 Å². The van der Waals surface area contributed by atoms with Gasteiger partial charge >= 0.3 is 0 Å². The SMILES string of the molecule is Cc1ccc(F)c(NC(=O)c2ccc(Br)c(N)c2)c1. The van der Waals surface area contributed by atoms with Crippen LogP contribution >= 0.6 is 15.9 Å². The zero-order chi connectivity index (χ0) is 14.0. The summed E-state index contributed by atoms with van der Waals surface area (Å²) in [6.45, 7) is 1.83. The van der Waals surface area contributed by atoms with Crippen LogP contribution in [0, 0.1) is 12.7 Å². The third-order valence-corrected chi connectivity index (χ3v) is 3.35. The van der Waals surface area contributed by atoms with E-state index < -0.39 is 11.7 Å². The number of nitrogen functional groups attached to an aromatic ring is 1. The van der Waals surface area contributed by atoms with Crippen molar-refractivity contribution in [3.05, 3.63) is 57.8 Å². The topological polar surface area (TPSA) is 55.1 Å². The van der Waals surface area contributed by atoms with E-state index in [4.69, 9.17) is 5.73 Å². The summed E-state index contributed by atoms with van der Waals surface area (Å²) in [6, 6.07) is 9.37. The van der Waals surface area contributed by atoms with Gasteiger partial charge in [0.2, 0.25) is 0 Å². The first kappa shape index (κ1) is 13.5. The average Bonchev–Trinajstić information content (AvgIpc) is 2.37. The van der Waals surface area contributed by atoms with Crippen molar-refractivity contribution in [1.29, 1.82) is 0 Å². The molecule has 98 valence electrons. The molecule has 1 amide bonds. The van der Waals surface area contributed by atoms with Gasteiger partial charge in [-0.15, -0.1) is 0 Å². The molecule has 0 aromatic heterocycles. The Hall–Kier alpha value is -1.88. The van der Waals surface area contributed by atoms with E-state index in [2.05, 4.69) is 21.2 Å². The van der Waals surface area contributed by atoms with Crippen LogP contribution in [-0.4, -0.2) is 5.91 Å². The van der Waals surface area contributed by atoms with Crippen LogP contribution in [0.2, 0.25) is 0 Å². The number of nitrogens with two attached hydrogens (primary N) is 1. The maximum atomic E-state index is 13.5. The van der Waals surface area contributed by atoms with E-state index in [1.165, 1.54) is 12.1 Å². The first-order valence-electron chi connectivity index (χ1n) is 5.60. The average molecular weight is 323 g/mol. The Morgan fingerprint density at radius 1 is 1.26 bits per heavy atom. The van der Waals surface area contributed by atoms with Gasteiger partial charge in [0, 0.05) is 15.7 Å². The molecule has 0 spiro atoms. The Morgan fingerprint density at radius 2 is 2.00 bits per heavy atom. The van der Waals surface area contributed by atoms with E-state index in [0.717, 1.165) is 5.56 Å². The summed E-state index contributed by atoms with van der Waals surface area (Å²) in [6.07, 6.45) is 0. The highest BCUT2D eigenvalue weighted by atomic mass is 79.9. The Labute approximate surface area is 118 Å². The zero-order valence-electron chi connectivity index (χ0n) is 10.2. The number of carbonyl (C=O) groups is 1. The molecule has 3 nitrogen and oxygen atoms in total. The van der Waals surface area contributed by atoms with E-state index in [-0.39, 0.29) is 5.69 Å². The molecule has 0 saturated heterocycles. The predicted octanol–water partition coefficient (Wildman–Crippen LogP) is 3.73. The third kappa shape index (κ3) is 3.12. The number of rotatable bonds is 2. The minimum atomic E-state index is -0.468. The van der Waals surface area contributed by atoms with Crippen molar-refractivity contribution >= 4 is 33.2 Å². The van der Waals surface area contributed by atoms with Gasteiger partial charge in [-0.05, 0) is 58.7 Å². The molecule has 0 saturated carbocycles. The molecule has 2 rings (SSSR count). The molecule has 0 bridgehead atoms. The third-order valence-electron chi connectivity index (χ3n) is 2.63. The molecule has 0 heterocycles. The van der Waals surface area contributed by atoms with E-state index in [0.29, 0.717) is 15.7 Å². The number of benzene rings is 2. The van der Waals surface area contributed by atoms with E-state index >= 15 is 0 Å². The fourth-order valence-corrected chi connectivity index (χ4v) is 1.86. The van der Waals surface area contributed by atoms with E-state index in [1.807, 2.05) is 6.92 Å². The van der Waals surface area contributed by atoms with Crippen molar-refractivity contribution in [3.63, 3.8) is 0 Å². The lowest BCUT2D eigenvalue weighted by Crippen LogP contribution is -2.13. The number of aryl methyl sites for hydroxylation is 1. The number of carbonyl (C=O) groups excluding carboxylic acids is 1. The van der Waals surface area contributed by atoms with Crippen molar-refractivity contribution in [1.82, 2.24) is 0 Å². The van der Waals surface area contributed by atoms with Gasteiger partial charge in [0.25, 0.3) is 5.91 Å². The number of anilines is 2. The second kappa shape index (κ2) is 5.40. The van der Waals surface area contributed by atoms with Crippen molar-refractivity contribution < 1.29 is 9.18 Å². The fraction of sp³-hybridized carbons (Fsp3) is 0.0714. The second-order valence-electron chi connectivity index (χ2n) is 4.17. The molecule has 3 N–H and O–H groups in total. The van der Waals surface area contributed by atoms with Gasteiger partial charge in [-0.1, -0.05) is 6.07 Å². The standard InChI is InChI=1S/C14H12BrFN2O/c1-8-2-5-11(16)13(6-8)18-14(19)9-3-4-10(15)12(17)7-9/h2-7H,17H2,1H3,(H,18,19). The van der Waals surface area contributed by atoms with Crippen molar-refractivity contribution in [2.75, 3.05) is 11.1 Å². The Kier molecular flexibility index (Phi) is 3.85. The lowest BCUT2D eigenvalue weighted by molar-refractivity contribution is 0.102. The van der Waals surface area contributed by atoms with Crippen LogP contribution in [0.4, 0.5) is 15.8 Å². The normalized spacial score (nSPS) is 10.3. The van der Waals surface area contributed by atoms with Gasteiger partial charge in [0.1, 0.15) is 5.82 Å². The quantitative estimate of drug-likeness (QED) is 0.828. The van der Waals surface area contributed by atoms with Crippen LogP contribution < -0.4 is 11.1 Å². The monoisotopic (exact) mass is 322 g/mol. The van der Waals surface area contributed by atoms with E-state index in [1.54, 1.807) is 24.3 Å². The van der Waals surface area contributed by atoms with Crippen LogP contribution in [-0.2, 0) is 0 Å². The number of nitrogens with one attached hydrogen (secondary N) is 1. The van der Waals surface area contributed by atoms with Crippen molar-refractivity contribution in [2.45, 2.75) is 6.92 Å². The van der Waals surface area contributed by atoms with Crippen LogP contribution in [0.1, 0.15) is 15.9 Å². The van der Waals surface area contributed by atoms with Gasteiger partial charge in [-0.3, -0.25) is 4.79 Å². The molecule has 5 heteroatoms. The van der Waals surface area contributed by atoms with Crippen LogP contribution in [0.5, 0.6) is 0 Å². The highest BCUT2D eigenvalue weighted by molar-refractivity contribution is 9.10. The zero-order valence-corrected chi connectivity index (χ0v) is 11.8.